The minimum atomic E-state index is 0.887. The SMILES string of the molecule is CCCc1cc(CNC)cc(N(C)Cc2ccsc2)n1. The van der Waals surface area contributed by atoms with E-state index in [2.05, 4.69) is 53.1 Å². The maximum atomic E-state index is 4.79. The zero-order chi connectivity index (χ0) is 14.4. The molecule has 0 fully saturated rings. The summed E-state index contributed by atoms with van der Waals surface area (Å²) in [4.78, 5) is 7.01. The van der Waals surface area contributed by atoms with E-state index < -0.39 is 0 Å². The number of nitrogens with zero attached hydrogens (tertiary/aromatic N) is 2. The van der Waals surface area contributed by atoms with Crippen molar-refractivity contribution >= 4 is 17.2 Å². The van der Waals surface area contributed by atoms with Crippen molar-refractivity contribution < 1.29 is 0 Å². The van der Waals surface area contributed by atoms with Crippen LogP contribution in [0.3, 0.4) is 0 Å². The average Bonchev–Trinajstić information content (AvgIpc) is 2.92. The molecule has 108 valence electrons. The van der Waals surface area contributed by atoms with E-state index in [4.69, 9.17) is 4.98 Å². The van der Waals surface area contributed by atoms with Gasteiger partial charge in [-0.25, -0.2) is 4.98 Å². The highest BCUT2D eigenvalue weighted by molar-refractivity contribution is 7.07. The Kier molecular flexibility index (Phi) is 5.56. The van der Waals surface area contributed by atoms with E-state index in [1.165, 1.54) is 16.8 Å². The van der Waals surface area contributed by atoms with Crippen LogP contribution in [0.5, 0.6) is 0 Å². The number of hydrogen-bond donors (Lipinski definition) is 1. The summed E-state index contributed by atoms with van der Waals surface area (Å²) in [5.41, 5.74) is 3.83. The van der Waals surface area contributed by atoms with Gasteiger partial charge in [-0.2, -0.15) is 11.3 Å². The minimum absolute atomic E-state index is 0.887. The van der Waals surface area contributed by atoms with Crippen molar-refractivity contribution in [3.8, 4) is 0 Å². The van der Waals surface area contributed by atoms with Gasteiger partial charge >= 0.3 is 0 Å². The Morgan fingerprint density at radius 2 is 2.15 bits per heavy atom. The number of aryl methyl sites for hydroxylation is 1. The lowest BCUT2D eigenvalue weighted by atomic mass is 10.1. The average molecular weight is 289 g/mol. The summed E-state index contributed by atoms with van der Waals surface area (Å²) in [5.74, 6) is 1.06. The molecule has 2 aromatic heterocycles. The number of thiophene rings is 1. The van der Waals surface area contributed by atoms with Crippen molar-refractivity contribution in [2.24, 2.45) is 0 Å². The van der Waals surface area contributed by atoms with Crippen molar-refractivity contribution in [3.05, 3.63) is 45.8 Å². The molecule has 0 saturated heterocycles. The third kappa shape index (κ3) is 4.05. The van der Waals surface area contributed by atoms with Crippen molar-refractivity contribution in [1.82, 2.24) is 10.3 Å². The normalized spacial score (nSPS) is 10.8. The second-order valence-corrected chi connectivity index (χ2v) is 5.87. The van der Waals surface area contributed by atoms with Crippen molar-refractivity contribution in [1.29, 1.82) is 0 Å². The van der Waals surface area contributed by atoms with E-state index in [0.29, 0.717) is 0 Å². The van der Waals surface area contributed by atoms with Crippen LogP contribution in [0.25, 0.3) is 0 Å². The van der Waals surface area contributed by atoms with Gasteiger partial charge in [-0.15, -0.1) is 0 Å². The second-order valence-electron chi connectivity index (χ2n) is 5.09. The predicted octanol–water partition coefficient (Wildman–Crippen LogP) is 3.45. The van der Waals surface area contributed by atoms with Gasteiger partial charge in [0, 0.05) is 25.8 Å². The van der Waals surface area contributed by atoms with Crippen LogP contribution in [0.1, 0.15) is 30.2 Å². The third-order valence-corrected chi connectivity index (χ3v) is 3.93. The Hall–Kier alpha value is -1.39. The Morgan fingerprint density at radius 1 is 1.30 bits per heavy atom. The first-order chi connectivity index (χ1) is 9.72. The first-order valence-electron chi connectivity index (χ1n) is 7.09. The van der Waals surface area contributed by atoms with Crippen molar-refractivity contribution in [2.75, 3.05) is 19.0 Å². The maximum Gasteiger partial charge on any atom is 0.129 e. The standard InChI is InChI=1S/C16H23N3S/c1-4-5-15-8-14(10-17-2)9-16(18-15)19(3)11-13-6-7-20-12-13/h6-9,12,17H,4-5,10-11H2,1-3H3. The summed E-state index contributed by atoms with van der Waals surface area (Å²) in [7, 11) is 4.09. The summed E-state index contributed by atoms with van der Waals surface area (Å²) in [5, 5.41) is 7.54. The molecule has 0 radical (unpaired) electrons. The number of nitrogens with one attached hydrogen (secondary N) is 1. The van der Waals surface area contributed by atoms with Gasteiger partial charge < -0.3 is 10.2 Å². The van der Waals surface area contributed by atoms with Gasteiger partial charge in [0.15, 0.2) is 0 Å². The molecule has 0 saturated carbocycles. The van der Waals surface area contributed by atoms with Crippen LogP contribution >= 0.6 is 11.3 Å². The highest BCUT2D eigenvalue weighted by Gasteiger charge is 2.08. The predicted molar refractivity (Wildman–Crippen MR) is 87.4 cm³/mol. The summed E-state index contributed by atoms with van der Waals surface area (Å²) in [6, 6.07) is 6.57. The molecule has 0 spiro atoms. The molecule has 0 unspecified atom stereocenters. The van der Waals surface area contributed by atoms with Gasteiger partial charge in [-0.1, -0.05) is 13.3 Å². The molecule has 0 amide bonds. The van der Waals surface area contributed by atoms with Gasteiger partial charge in [0.2, 0.25) is 0 Å². The quantitative estimate of drug-likeness (QED) is 0.846. The van der Waals surface area contributed by atoms with Crippen LogP contribution in [0.4, 0.5) is 5.82 Å². The van der Waals surface area contributed by atoms with E-state index in [-0.39, 0.29) is 0 Å². The molecule has 0 aliphatic rings. The van der Waals surface area contributed by atoms with Gasteiger partial charge in [-0.3, -0.25) is 0 Å². The van der Waals surface area contributed by atoms with E-state index in [1.807, 2.05) is 7.05 Å². The highest BCUT2D eigenvalue weighted by atomic mass is 32.1. The number of anilines is 1. The van der Waals surface area contributed by atoms with Crippen LogP contribution in [-0.2, 0) is 19.5 Å². The molecule has 3 nitrogen and oxygen atoms in total. The molecule has 0 aliphatic heterocycles. The molecule has 2 rings (SSSR count). The fraction of sp³-hybridized carbons (Fsp3) is 0.438. The highest BCUT2D eigenvalue weighted by Crippen LogP contribution is 2.18. The zero-order valence-corrected chi connectivity index (χ0v) is 13.3. The van der Waals surface area contributed by atoms with E-state index in [9.17, 15) is 0 Å². The van der Waals surface area contributed by atoms with Gasteiger partial charge in [-0.05, 0) is 53.6 Å². The molecular weight excluding hydrogens is 266 g/mol. The van der Waals surface area contributed by atoms with Crippen molar-refractivity contribution in [2.45, 2.75) is 32.9 Å². The van der Waals surface area contributed by atoms with Gasteiger partial charge in [0.05, 0.1) is 0 Å². The number of hydrogen-bond acceptors (Lipinski definition) is 4. The van der Waals surface area contributed by atoms with Crippen molar-refractivity contribution in [3.63, 3.8) is 0 Å². The monoisotopic (exact) mass is 289 g/mol. The largest absolute Gasteiger partial charge is 0.355 e. The van der Waals surface area contributed by atoms with Crippen LogP contribution in [0.2, 0.25) is 0 Å². The molecule has 1 N–H and O–H groups in total. The first-order valence-corrected chi connectivity index (χ1v) is 8.04. The third-order valence-electron chi connectivity index (χ3n) is 3.20. The van der Waals surface area contributed by atoms with Crippen LogP contribution < -0.4 is 10.2 Å². The number of pyridine rings is 1. The number of rotatable bonds is 7. The van der Waals surface area contributed by atoms with E-state index >= 15 is 0 Å². The molecular formula is C16H23N3S. The smallest absolute Gasteiger partial charge is 0.129 e. The molecule has 2 aromatic rings. The summed E-state index contributed by atoms with van der Waals surface area (Å²) in [6.45, 7) is 3.99. The molecule has 0 bridgehead atoms. The Labute approximate surface area is 125 Å². The number of aromatic nitrogens is 1. The summed E-state index contributed by atoms with van der Waals surface area (Å²) >= 11 is 1.74. The Morgan fingerprint density at radius 3 is 2.80 bits per heavy atom. The molecule has 2 heterocycles. The van der Waals surface area contributed by atoms with Crippen LogP contribution in [0.15, 0.2) is 29.0 Å². The minimum Gasteiger partial charge on any atom is -0.355 e. The zero-order valence-electron chi connectivity index (χ0n) is 12.5. The lowest BCUT2D eigenvalue weighted by Crippen LogP contribution is -2.18. The van der Waals surface area contributed by atoms with Gasteiger partial charge in [0.25, 0.3) is 0 Å². The Bertz CT molecular complexity index is 498. The maximum absolute atomic E-state index is 4.79. The molecule has 4 heteroatoms. The lowest BCUT2D eigenvalue weighted by molar-refractivity contribution is 0.797. The van der Waals surface area contributed by atoms with E-state index in [0.717, 1.165) is 31.7 Å². The fourth-order valence-electron chi connectivity index (χ4n) is 2.26. The lowest BCUT2D eigenvalue weighted by Gasteiger charge is -2.19. The van der Waals surface area contributed by atoms with Crippen LogP contribution in [-0.4, -0.2) is 19.1 Å². The summed E-state index contributed by atoms with van der Waals surface area (Å²) < 4.78 is 0. The topological polar surface area (TPSA) is 28.2 Å². The molecule has 0 atom stereocenters. The van der Waals surface area contributed by atoms with Crippen LogP contribution in [0, 0.1) is 0 Å². The molecule has 20 heavy (non-hydrogen) atoms. The first kappa shape index (κ1) is 15.0. The second kappa shape index (κ2) is 7.41. The summed E-state index contributed by atoms with van der Waals surface area (Å²) in [6.07, 6.45) is 2.17. The Balaban J connectivity index is 2.19. The van der Waals surface area contributed by atoms with E-state index in [1.54, 1.807) is 11.3 Å². The molecule has 0 aromatic carbocycles. The fourth-order valence-corrected chi connectivity index (χ4v) is 2.92. The molecule has 0 aliphatic carbocycles. The van der Waals surface area contributed by atoms with Gasteiger partial charge in [0.1, 0.15) is 5.82 Å².